The highest BCUT2D eigenvalue weighted by molar-refractivity contribution is 4.76. The van der Waals surface area contributed by atoms with E-state index in [1.807, 2.05) is 0 Å². The summed E-state index contributed by atoms with van der Waals surface area (Å²) in [6.45, 7) is 7.21. The molecule has 1 aliphatic heterocycles. The Balaban J connectivity index is 2.41. The van der Waals surface area contributed by atoms with E-state index in [4.69, 9.17) is 9.47 Å². The number of hydrogen-bond acceptors (Lipinski definition) is 2. The van der Waals surface area contributed by atoms with Gasteiger partial charge >= 0.3 is 0 Å². The van der Waals surface area contributed by atoms with E-state index in [0.717, 1.165) is 25.9 Å². The zero-order valence-electron chi connectivity index (χ0n) is 8.43. The van der Waals surface area contributed by atoms with E-state index in [-0.39, 0.29) is 5.79 Å². The van der Waals surface area contributed by atoms with Gasteiger partial charge in [0.1, 0.15) is 0 Å². The Morgan fingerprint density at radius 1 is 1.25 bits per heavy atom. The summed E-state index contributed by atoms with van der Waals surface area (Å²) in [5.74, 6) is -0.250. The largest absolute Gasteiger partial charge is 0.347 e. The average molecular weight is 172 g/mol. The first-order valence-electron chi connectivity index (χ1n) is 5.08. The van der Waals surface area contributed by atoms with Crippen molar-refractivity contribution in [2.24, 2.45) is 0 Å². The van der Waals surface area contributed by atoms with Gasteiger partial charge in [-0.05, 0) is 19.3 Å². The van der Waals surface area contributed by atoms with Crippen LogP contribution in [0.25, 0.3) is 0 Å². The van der Waals surface area contributed by atoms with Crippen molar-refractivity contribution in [3.05, 3.63) is 0 Å². The first-order valence-corrected chi connectivity index (χ1v) is 5.08. The summed E-state index contributed by atoms with van der Waals surface area (Å²) in [6.07, 6.45) is 4.57. The molecule has 72 valence electrons. The fraction of sp³-hybridized carbons (Fsp3) is 1.00. The Bertz CT molecular complexity index is 130. The number of ether oxygens (including phenoxy) is 2. The van der Waals surface area contributed by atoms with Crippen LogP contribution < -0.4 is 0 Å². The van der Waals surface area contributed by atoms with Crippen molar-refractivity contribution in [3.8, 4) is 0 Å². The van der Waals surface area contributed by atoms with Gasteiger partial charge in [0.15, 0.2) is 5.79 Å². The van der Waals surface area contributed by atoms with Gasteiger partial charge in [0, 0.05) is 0 Å². The Morgan fingerprint density at radius 2 is 1.92 bits per heavy atom. The Kier molecular flexibility index (Phi) is 3.53. The predicted octanol–water partition coefficient (Wildman–Crippen LogP) is 2.72. The fourth-order valence-corrected chi connectivity index (χ4v) is 1.70. The highest BCUT2D eigenvalue weighted by atomic mass is 16.7. The summed E-state index contributed by atoms with van der Waals surface area (Å²) in [5, 5.41) is 0. The topological polar surface area (TPSA) is 18.5 Å². The molecule has 0 aromatic heterocycles. The molecule has 2 heteroatoms. The predicted molar refractivity (Wildman–Crippen MR) is 49.0 cm³/mol. The molecular formula is C10H20O2. The van der Waals surface area contributed by atoms with Crippen LogP contribution in [0.1, 0.15) is 46.5 Å². The van der Waals surface area contributed by atoms with E-state index in [1.165, 1.54) is 6.42 Å². The summed E-state index contributed by atoms with van der Waals surface area (Å²) in [7, 11) is 0. The highest BCUT2D eigenvalue weighted by Gasteiger charge is 2.37. The third-order valence-corrected chi connectivity index (χ3v) is 2.60. The summed E-state index contributed by atoms with van der Waals surface area (Å²) < 4.78 is 11.5. The molecule has 0 N–H and O–H groups in total. The van der Waals surface area contributed by atoms with Crippen molar-refractivity contribution in [3.63, 3.8) is 0 Å². The molecule has 0 amide bonds. The second-order valence-electron chi connectivity index (χ2n) is 3.46. The van der Waals surface area contributed by atoms with Gasteiger partial charge in [0.05, 0.1) is 12.7 Å². The van der Waals surface area contributed by atoms with Gasteiger partial charge < -0.3 is 9.47 Å². The average Bonchev–Trinajstić information content (AvgIpc) is 2.50. The van der Waals surface area contributed by atoms with Gasteiger partial charge in [0.25, 0.3) is 0 Å². The molecule has 1 unspecified atom stereocenters. The van der Waals surface area contributed by atoms with Gasteiger partial charge in [-0.2, -0.15) is 0 Å². The fourth-order valence-electron chi connectivity index (χ4n) is 1.70. The van der Waals surface area contributed by atoms with Crippen molar-refractivity contribution in [2.75, 3.05) is 6.61 Å². The molecule has 1 fully saturated rings. The van der Waals surface area contributed by atoms with E-state index in [9.17, 15) is 0 Å². The zero-order chi connectivity index (χ0) is 9.03. The van der Waals surface area contributed by atoms with Gasteiger partial charge in [-0.15, -0.1) is 0 Å². The smallest absolute Gasteiger partial charge is 0.168 e. The van der Waals surface area contributed by atoms with Crippen molar-refractivity contribution in [2.45, 2.75) is 58.3 Å². The molecule has 0 aliphatic carbocycles. The molecule has 1 rings (SSSR count). The minimum Gasteiger partial charge on any atom is -0.347 e. The normalized spacial score (nSPS) is 27.8. The van der Waals surface area contributed by atoms with Crippen LogP contribution in [0, 0.1) is 0 Å². The quantitative estimate of drug-likeness (QED) is 0.649. The second-order valence-corrected chi connectivity index (χ2v) is 3.46. The Labute approximate surface area is 75.2 Å². The first kappa shape index (κ1) is 10.0. The highest BCUT2D eigenvalue weighted by Crippen LogP contribution is 2.31. The monoisotopic (exact) mass is 172 g/mol. The van der Waals surface area contributed by atoms with Gasteiger partial charge in [-0.3, -0.25) is 0 Å². The van der Waals surface area contributed by atoms with Gasteiger partial charge in [0.2, 0.25) is 0 Å². The Hall–Kier alpha value is -0.0800. The maximum Gasteiger partial charge on any atom is 0.168 e. The molecule has 0 saturated carbocycles. The lowest BCUT2D eigenvalue weighted by atomic mass is 10.1. The summed E-state index contributed by atoms with van der Waals surface area (Å²) in [5.41, 5.74) is 0. The van der Waals surface area contributed by atoms with E-state index in [1.54, 1.807) is 0 Å². The lowest BCUT2D eigenvalue weighted by Crippen LogP contribution is -2.28. The molecule has 1 heterocycles. The number of hydrogen-bond donors (Lipinski definition) is 0. The maximum atomic E-state index is 5.87. The standard InChI is InChI=1S/C10H20O2/c1-4-7-9-8-11-10(5-2,6-3)12-9/h9H,4-8H2,1-3H3. The van der Waals surface area contributed by atoms with Crippen LogP contribution in [-0.4, -0.2) is 18.5 Å². The molecule has 0 aromatic rings. The summed E-state index contributed by atoms with van der Waals surface area (Å²) >= 11 is 0. The van der Waals surface area contributed by atoms with Crippen molar-refractivity contribution < 1.29 is 9.47 Å². The molecule has 2 nitrogen and oxygen atoms in total. The lowest BCUT2D eigenvalue weighted by Gasteiger charge is -2.24. The molecule has 1 saturated heterocycles. The third-order valence-electron chi connectivity index (χ3n) is 2.60. The van der Waals surface area contributed by atoms with Crippen LogP contribution in [0.5, 0.6) is 0 Å². The van der Waals surface area contributed by atoms with Crippen molar-refractivity contribution in [1.29, 1.82) is 0 Å². The minimum atomic E-state index is -0.250. The van der Waals surface area contributed by atoms with Crippen LogP contribution in [0.4, 0.5) is 0 Å². The SMILES string of the molecule is CCCC1COC(CC)(CC)O1. The van der Waals surface area contributed by atoms with Crippen molar-refractivity contribution in [1.82, 2.24) is 0 Å². The molecule has 1 aliphatic rings. The molecule has 12 heavy (non-hydrogen) atoms. The Morgan fingerprint density at radius 3 is 2.33 bits per heavy atom. The number of rotatable bonds is 4. The third kappa shape index (κ3) is 1.99. The van der Waals surface area contributed by atoms with Crippen LogP contribution in [0.2, 0.25) is 0 Å². The van der Waals surface area contributed by atoms with Gasteiger partial charge in [-0.1, -0.05) is 27.2 Å². The van der Waals surface area contributed by atoms with E-state index in [2.05, 4.69) is 20.8 Å². The summed E-state index contributed by atoms with van der Waals surface area (Å²) in [4.78, 5) is 0. The minimum absolute atomic E-state index is 0.250. The lowest BCUT2D eigenvalue weighted by molar-refractivity contribution is -0.172. The van der Waals surface area contributed by atoms with E-state index < -0.39 is 0 Å². The van der Waals surface area contributed by atoms with E-state index in [0.29, 0.717) is 6.10 Å². The first-order chi connectivity index (χ1) is 5.76. The second kappa shape index (κ2) is 4.24. The van der Waals surface area contributed by atoms with Crippen LogP contribution in [0.3, 0.4) is 0 Å². The molecule has 1 atom stereocenters. The molecular weight excluding hydrogens is 152 g/mol. The van der Waals surface area contributed by atoms with E-state index >= 15 is 0 Å². The summed E-state index contributed by atoms with van der Waals surface area (Å²) in [6, 6.07) is 0. The van der Waals surface area contributed by atoms with Crippen molar-refractivity contribution >= 4 is 0 Å². The van der Waals surface area contributed by atoms with Crippen LogP contribution in [-0.2, 0) is 9.47 Å². The zero-order valence-corrected chi connectivity index (χ0v) is 8.43. The molecule has 0 spiro atoms. The maximum absolute atomic E-state index is 5.87. The molecule has 0 bridgehead atoms. The van der Waals surface area contributed by atoms with Gasteiger partial charge in [-0.25, -0.2) is 0 Å². The van der Waals surface area contributed by atoms with Crippen LogP contribution in [0.15, 0.2) is 0 Å². The molecule has 0 aromatic carbocycles. The van der Waals surface area contributed by atoms with Crippen LogP contribution >= 0.6 is 0 Å². The molecule has 0 radical (unpaired) electrons.